The van der Waals surface area contributed by atoms with Crippen molar-refractivity contribution in [2.45, 2.75) is 6.54 Å². The normalized spacial score (nSPS) is 9.64. The predicted octanol–water partition coefficient (Wildman–Crippen LogP) is 2.60. The number of carbonyl (C=O) groups excluding carboxylic acids is 1. The van der Waals surface area contributed by atoms with Crippen LogP contribution in [-0.2, 0) is 6.54 Å². The second-order valence-electron chi connectivity index (χ2n) is 2.63. The van der Waals surface area contributed by atoms with E-state index in [1.807, 2.05) is 18.2 Å². The first-order chi connectivity index (χ1) is 6.63. The van der Waals surface area contributed by atoms with Crippen LogP contribution in [0.1, 0.15) is 5.56 Å². The molecule has 0 aliphatic rings. The van der Waals surface area contributed by atoms with Crippen LogP contribution >= 0.6 is 28.6 Å². The van der Waals surface area contributed by atoms with Crippen molar-refractivity contribution in [3.63, 3.8) is 0 Å². The number of amides is 1. The van der Waals surface area contributed by atoms with Crippen molar-refractivity contribution in [2.75, 3.05) is 7.11 Å². The number of halogens is 1. The van der Waals surface area contributed by atoms with Crippen molar-refractivity contribution in [1.82, 2.24) is 5.32 Å². The summed E-state index contributed by atoms with van der Waals surface area (Å²) in [6, 6.07) is 5.61. The minimum absolute atomic E-state index is 0.336. The third kappa shape index (κ3) is 3.23. The van der Waals surface area contributed by atoms with Gasteiger partial charge in [-0.2, -0.15) is 0 Å². The average Bonchev–Trinajstić information content (AvgIpc) is 2.15. The van der Waals surface area contributed by atoms with Gasteiger partial charge < -0.3 is 10.1 Å². The van der Waals surface area contributed by atoms with Gasteiger partial charge in [-0.25, -0.2) is 0 Å². The van der Waals surface area contributed by atoms with Crippen molar-refractivity contribution in [3.8, 4) is 5.75 Å². The van der Waals surface area contributed by atoms with Gasteiger partial charge in [0.25, 0.3) is 5.24 Å². The molecule has 14 heavy (non-hydrogen) atoms. The summed E-state index contributed by atoms with van der Waals surface area (Å²) in [4.78, 5) is 10.5. The van der Waals surface area contributed by atoms with Crippen LogP contribution in [0.15, 0.2) is 22.7 Å². The van der Waals surface area contributed by atoms with E-state index in [0.717, 1.165) is 15.8 Å². The first kappa shape index (κ1) is 11.4. The first-order valence-corrected chi connectivity index (χ1v) is 5.16. The Morgan fingerprint density at radius 1 is 1.64 bits per heavy atom. The molecule has 0 radical (unpaired) electrons. The number of hydrogen-bond acceptors (Lipinski definition) is 2. The second kappa shape index (κ2) is 5.26. The van der Waals surface area contributed by atoms with Crippen molar-refractivity contribution in [1.29, 1.82) is 0 Å². The topological polar surface area (TPSA) is 38.3 Å². The van der Waals surface area contributed by atoms with Gasteiger partial charge in [-0.3, -0.25) is 4.79 Å². The van der Waals surface area contributed by atoms with Gasteiger partial charge in [0.2, 0.25) is 0 Å². The molecule has 0 aliphatic heterocycles. The van der Waals surface area contributed by atoms with Crippen LogP contribution < -0.4 is 10.1 Å². The Labute approximate surface area is 96.4 Å². The Morgan fingerprint density at radius 2 is 2.36 bits per heavy atom. The van der Waals surface area contributed by atoms with Gasteiger partial charge in [0.05, 0.1) is 11.6 Å². The Morgan fingerprint density at radius 3 is 2.86 bits per heavy atom. The van der Waals surface area contributed by atoms with Gasteiger partial charge in [0.1, 0.15) is 5.75 Å². The summed E-state index contributed by atoms with van der Waals surface area (Å²) in [6.07, 6.45) is 0. The number of ether oxygens (including phenoxy) is 1. The van der Waals surface area contributed by atoms with E-state index in [-0.39, 0.29) is 5.24 Å². The fourth-order valence-electron chi connectivity index (χ4n) is 0.998. The maximum atomic E-state index is 10.5. The summed E-state index contributed by atoms with van der Waals surface area (Å²) in [7, 11) is 1.61. The fourth-order valence-corrected chi connectivity index (χ4v) is 1.66. The molecule has 1 amide bonds. The molecule has 0 unspecified atom stereocenters. The third-order valence-electron chi connectivity index (χ3n) is 1.66. The molecular weight excluding hydrogens is 266 g/mol. The molecule has 3 nitrogen and oxygen atoms in total. The van der Waals surface area contributed by atoms with E-state index in [9.17, 15) is 4.79 Å². The third-order valence-corrected chi connectivity index (χ3v) is 2.44. The van der Waals surface area contributed by atoms with Crippen LogP contribution in [0, 0.1) is 0 Å². The van der Waals surface area contributed by atoms with Crippen LogP contribution in [0.2, 0.25) is 0 Å². The van der Waals surface area contributed by atoms with Gasteiger partial charge in [0.15, 0.2) is 0 Å². The molecule has 0 saturated heterocycles. The minimum Gasteiger partial charge on any atom is -0.496 e. The number of carbonyl (C=O) groups is 1. The van der Waals surface area contributed by atoms with Crippen molar-refractivity contribution < 1.29 is 9.53 Å². The molecule has 0 spiro atoms. The predicted molar refractivity (Wildman–Crippen MR) is 61.9 cm³/mol. The van der Waals surface area contributed by atoms with E-state index < -0.39 is 0 Å². The van der Waals surface area contributed by atoms with Gasteiger partial charge in [-0.1, -0.05) is 18.7 Å². The van der Waals surface area contributed by atoms with E-state index in [1.54, 1.807) is 7.11 Å². The number of rotatable bonds is 3. The number of thiol groups is 1. The molecule has 1 aromatic carbocycles. The first-order valence-electron chi connectivity index (χ1n) is 3.92. The SMILES string of the molecule is COc1ccc(CNC(=O)S)cc1Br. The molecule has 0 atom stereocenters. The zero-order valence-electron chi connectivity index (χ0n) is 7.58. The Bertz CT molecular complexity index is 344. The molecule has 76 valence electrons. The zero-order valence-corrected chi connectivity index (χ0v) is 10.1. The smallest absolute Gasteiger partial charge is 0.276 e. The van der Waals surface area contributed by atoms with Gasteiger partial charge in [0, 0.05) is 6.54 Å². The molecule has 1 aromatic rings. The summed E-state index contributed by atoms with van der Waals surface area (Å²) in [6.45, 7) is 0.463. The molecule has 5 heteroatoms. The highest BCUT2D eigenvalue weighted by Gasteiger charge is 2.01. The quantitative estimate of drug-likeness (QED) is 0.833. The molecule has 0 bridgehead atoms. The van der Waals surface area contributed by atoms with Crippen LogP contribution in [0.25, 0.3) is 0 Å². The zero-order chi connectivity index (χ0) is 10.6. The Balaban J connectivity index is 2.71. The van der Waals surface area contributed by atoms with E-state index in [4.69, 9.17) is 4.74 Å². The van der Waals surface area contributed by atoms with E-state index in [0.29, 0.717) is 6.54 Å². The lowest BCUT2D eigenvalue weighted by molar-refractivity contribution is 0.260. The standard InChI is InChI=1S/C9H10BrNO2S/c1-13-8-3-2-6(4-7(8)10)5-11-9(12)14/h2-4H,5H2,1H3,(H2,11,12,14). The second-order valence-corrected chi connectivity index (χ2v) is 3.89. The average molecular weight is 276 g/mol. The minimum atomic E-state index is -0.336. The largest absolute Gasteiger partial charge is 0.496 e. The molecule has 0 saturated carbocycles. The van der Waals surface area contributed by atoms with Crippen molar-refractivity contribution in [3.05, 3.63) is 28.2 Å². The van der Waals surface area contributed by atoms with Crippen molar-refractivity contribution in [2.24, 2.45) is 0 Å². The summed E-state index contributed by atoms with van der Waals surface area (Å²) >= 11 is 6.96. The number of methoxy groups -OCH3 is 1. The van der Waals surface area contributed by atoms with E-state index >= 15 is 0 Å². The Kier molecular flexibility index (Phi) is 4.28. The molecule has 0 aliphatic carbocycles. The van der Waals surface area contributed by atoms with Crippen LogP contribution in [0.3, 0.4) is 0 Å². The molecule has 1 rings (SSSR count). The maximum Gasteiger partial charge on any atom is 0.276 e. The van der Waals surface area contributed by atoms with Crippen LogP contribution in [-0.4, -0.2) is 12.3 Å². The maximum absolute atomic E-state index is 10.5. The number of nitrogens with one attached hydrogen (secondary N) is 1. The summed E-state index contributed by atoms with van der Waals surface area (Å²) < 4.78 is 5.94. The number of hydrogen-bond donors (Lipinski definition) is 2. The van der Waals surface area contributed by atoms with Gasteiger partial charge in [-0.05, 0) is 33.6 Å². The summed E-state index contributed by atoms with van der Waals surface area (Å²) in [5.74, 6) is 0.769. The summed E-state index contributed by atoms with van der Waals surface area (Å²) in [5, 5.41) is 2.25. The van der Waals surface area contributed by atoms with Crippen molar-refractivity contribution >= 4 is 33.8 Å². The monoisotopic (exact) mass is 275 g/mol. The summed E-state index contributed by atoms with van der Waals surface area (Å²) in [5.41, 5.74) is 0.986. The number of benzene rings is 1. The molecule has 0 heterocycles. The highest BCUT2D eigenvalue weighted by molar-refractivity contribution is 9.10. The molecule has 1 N–H and O–H groups in total. The van der Waals surface area contributed by atoms with E-state index in [1.165, 1.54) is 0 Å². The van der Waals surface area contributed by atoms with Crippen LogP contribution in [0.5, 0.6) is 5.75 Å². The van der Waals surface area contributed by atoms with Gasteiger partial charge in [-0.15, -0.1) is 0 Å². The van der Waals surface area contributed by atoms with Gasteiger partial charge >= 0.3 is 0 Å². The lowest BCUT2D eigenvalue weighted by atomic mass is 10.2. The molecule has 0 aromatic heterocycles. The fraction of sp³-hybridized carbons (Fsp3) is 0.222. The lowest BCUT2D eigenvalue weighted by Crippen LogP contribution is -2.15. The molecule has 0 fully saturated rings. The highest BCUT2D eigenvalue weighted by Crippen LogP contribution is 2.25. The van der Waals surface area contributed by atoms with E-state index in [2.05, 4.69) is 33.9 Å². The van der Waals surface area contributed by atoms with Crippen LogP contribution in [0.4, 0.5) is 4.79 Å². The highest BCUT2D eigenvalue weighted by atomic mass is 79.9. The Hall–Kier alpha value is -0.680. The lowest BCUT2D eigenvalue weighted by Gasteiger charge is -2.06. The molecular formula is C9H10BrNO2S.